The Morgan fingerprint density at radius 1 is 1.31 bits per heavy atom. The third kappa shape index (κ3) is 1.96. The lowest BCUT2D eigenvalue weighted by Crippen LogP contribution is -2.23. The van der Waals surface area contributed by atoms with Gasteiger partial charge in [-0.25, -0.2) is 8.78 Å². The van der Waals surface area contributed by atoms with Crippen molar-refractivity contribution in [2.75, 3.05) is 11.1 Å². The number of hydrogen-bond acceptors (Lipinski definition) is 2. The maximum atomic E-state index is 13.5. The molecule has 1 aliphatic rings. The highest BCUT2D eigenvalue weighted by Gasteiger charge is 2.25. The quantitative estimate of drug-likeness (QED) is 0.760. The van der Waals surface area contributed by atoms with E-state index in [0.717, 1.165) is 25.3 Å². The van der Waals surface area contributed by atoms with Crippen LogP contribution in [0, 0.1) is 17.6 Å². The minimum atomic E-state index is -0.876. The highest BCUT2D eigenvalue weighted by atomic mass is 19.2. The fourth-order valence-electron chi connectivity index (χ4n) is 2.26. The van der Waals surface area contributed by atoms with E-state index in [-0.39, 0.29) is 17.4 Å². The van der Waals surface area contributed by atoms with E-state index < -0.39 is 11.6 Å². The standard InChI is InChI=1S/C12H16F2N2/c1-7-3-2-4-10(7)16-12-9(15)6-5-8(13)11(12)14/h5-7,10,16H,2-4,15H2,1H3. The maximum Gasteiger partial charge on any atom is 0.183 e. The first kappa shape index (κ1) is 11.2. The van der Waals surface area contributed by atoms with E-state index in [2.05, 4.69) is 12.2 Å². The molecule has 0 radical (unpaired) electrons. The molecule has 0 aliphatic heterocycles. The van der Waals surface area contributed by atoms with Crippen LogP contribution in [0.15, 0.2) is 12.1 Å². The molecule has 0 amide bonds. The zero-order valence-electron chi connectivity index (χ0n) is 9.26. The lowest BCUT2D eigenvalue weighted by Gasteiger charge is -2.20. The van der Waals surface area contributed by atoms with Gasteiger partial charge in [0.25, 0.3) is 0 Å². The Morgan fingerprint density at radius 2 is 2.06 bits per heavy atom. The van der Waals surface area contributed by atoms with E-state index in [1.165, 1.54) is 6.07 Å². The molecule has 2 unspecified atom stereocenters. The third-order valence-electron chi connectivity index (χ3n) is 3.32. The first-order valence-electron chi connectivity index (χ1n) is 5.59. The summed E-state index contributed by atoms with van der Waals surface area (Å²) in [5.41, 5.74) is 6.02. The number of rotatable bonds is 2. The van der Waals surface area contributed by atoms with Crippen LogP contribution < -0.4 is 11.1 Å². The van der Waals surface area contributed by atoms with Gasteiger partial charge >= 0.3 is 0 Å². The summed E-state index contributed by atoms with van der Waals surface area (Å²) < 4.78 is 26.6. The van der Waals surface area contributed by atoms with E-state index >= 15 is 0 Å². The molecule has 2 atom stereocenters. The first-order chi connectivity index (χ1) is 7.59. The first-order valence-corrected chi connectivity index (χ1v) is 5.59. The summed E-state index contributed by atoms with van der Waals surface area (Å²) in [5, 5.41) is 3.03. The van der Waals surface area contributed by atoms with Crippen LogP contribution in [0.1, 0.15) is 26.2 Å². The number of nitrogens with two attached hydrogens (primary N) is 1. The fraction of sp³-hybridized carbons (Fsp3) is 0.500. The highest BCUT2D eigenvalue weighted by molar-refractivity contribution is 5.67. The van der Waals surface area contributed by atoms with Crippen LogP contribution in [0.25, 0.3) is 0 Å². The molecule has 0 spiro atoms. The number of benzene rings is 1. The molecule has 0 bridgehead atoms. The molecule has 1 fully saturated rings. The second-order valence-electron chi connectivity index (χ2n) is 4.48. The van der Waals surface area contributed by atoms with Crippen LogP contribution >= 0.6 is 0 Å². The van der Waals surface area contributed by atoms with Gasteiger partial charge in [-0.3, -0.25) is 0 Å². The highest BCUT2D eigenvalue weighted by Crippen LogP contribution is 2.32. The molecule has 4 heteroatoms. The molecule has 88 valence electrons. The fourth-order valence-corrected chi connectivity index (χ4v) is 2.26. The molecule has 16 heavy (non-hydrogen) atoms. The molecule has 1 saturated carbocycles. The number of anilines is 2. The van der Waals surface area contributed by atoms with E-state index in [9.17, 15) is 8.78 Å². The smallest absolute Gasteiger partial charge is 0.183 e. The summed E-state index contributed by atoms with van der Waals surface area (Å²) in [6.45, 7) is 2.11. The van der Waals surface area contributed by atoms with Crippen molar-refractivity contribution in [3.8, 4) is 0 Å². The van der Waals surface area contributed by atoms with Crippen LogP contribution in [0.4, 0.5) is 20.2 Å². The Kier molecular flexibility index (Phi) is 2.99. The van der Waals surface area contributed by atoms with E-state index in [1.54, 1.807) is 0 Å². The summed E-state index contributed by atoms with van der Waals surface area (Å²) >= 11 is 0. The summed E-state index contributed by atoms with van der Waals surface area (Å²) in [5.74, 6) is -1.26. The minimum absolute atomic E-state index is 0.110. The Morgan fingerprint density at radius 3 is 2.69 bits per heavy atom. The van der Waals surface area contributed by atoms with Gasteiger partial charge in [0, 0.05) is 6.04 Å². The summed E-state index contributed by atoms with van der Waals surface area (Å²) in [6.07, 6.45) is 3.22. The molecular formula is C12H16F2N2. The second kappa shape index (κ2) is 4.28. The van der Waals surface area contributed by atoms with Gasteiger partial charge in [0.15, 0.2) is 11.6 Å². The number of hydrogen-bond donors (Lipinski definition) is 2. The van der Waals surface area contributed by atoms with Gasteiger partial charge < -0.3 is 11.1 Å². The van der Waals surface area contributed by atoms with Gasteiger partial charge in [0.1, 0.15) is 0 Å². The van der Waals surface area contributed by atoms with Crippen molar-refractivity contribution in [2.45, 2.75) is 32.2 Å². The summed E-state index contributed by atoms with van der Waals surface area (Å²) in [4.78, 5) is 0. The molecule has 0 heterocycles. The molecule has 1 aromatic carbocycles. The predicted octanol–water partition coefficient (Wildman–Crippen LogP) is 3.15. The van der Waals surface area contributed by atoms with Crippen LogP contribution in [0.5, 0.6) is 0 Å². The van der Waals surface area contributed by atoms with Gasteiger partial charge in [-0.2, -0.15) is 0 Å². The Bertz CT molecular complexity index is 393. The van der Waals surface area contributed by atoms with Crippen molar-refractivity contribution < 1.29 is 8.78 Å². The SMILES string of the molecule is CC1CCCC1Nc1c(N)ccc(F)c1F. The topological polar surface area (TPSA) is 38.0 Å². The minimum Gasteiger partial charge on any atom is -0.397 e. The monoisotopic (exact) mass is 226 g/mol. The van der Waals surface area contributed by atoms with Crippen molar-refractivity contribution in [2.24, 2.45) is 5.92 Å². The lowest BCUT2D eigenvalue weighted by molar-refractivity contribution is 0.504. The third-order valence-corrected chi connectivity index (χ3v) is 3.32. The molecule has 3 N–H and O–H groups in total. The Hall–Kier alpha value is -1.32. The van der Waals surface area contributed by atoms with E-state index in [1.807, 2.05) is 0 Å². The van der Waals surface area contributed by atoms with Crippen molar-refractivity contribution in [3.63, 3.8) is 0 Å². The normalized spacial score (nSPS) is 24.7. The van der Waals surface area contributed by atoms with E-state index in [4.69, 9.17) is 5.73 Å². The number of nitrogens with one attached hydrogen (secondary N) is 1. The van der Waals surface area contributed by atoms with Gasteiger partial charge in [-0.05, 0) is 30.9 Å². The maximum absolute atomic E-state index is 13.5. The molecule has 2 rings (SSSR count). The van der Waals surface area contributed by atoms with Crippen LogP contribution in [-0.4, -0.2) is 6.04 Å². The number of nitrogen functional groups attached to an aromatic ring is 1. The average molecular weight is 226 g/mol. The van der Waals surface area contributed by atoms with Crippen molar-refractivity contribution in [1.29, 1.82) is 0 Å². The second-order valence-corrected chi connectivity index (χ2v) is 4.48. The Balaban J connectivity index is 2.23. The largest absolute Gasteiger partial charge is 0.397 e. The Labute approximate surface area is 93.8 Å². The van der Waals surface area contributed by atoms with Crippen LogP contribution in [0.3, 0.4) is 0 Å². The average Bonchev–Trinajstić information content (AvgIpc) is 2.65. The van der Waals surface area contributed by atoms with Gasteiger partial charge in [-0.15, -0.1) is 0 Å². The zero-order valence-corrected chi connectivity index (χ0v) is 9.26. The van der Waals surface area contributed by atoms with Crippen molar-refractivity contribution >= 4 is 11.4 Å². The number of halogens is 2. The molecule has 0 saturated heterocycles. The van der Waals surface area contributed by atoms with Gasteiger partial charge in [-0.1, -0.05) is 13.3 Å². The van der Waals surface area contributed by atoms with Gasteiger partial charge in [0.05, 0.1) is 11.4 Å². The lowest BCUT2D eigenvalue weighted by atomic mass is 10.1. The summed E-state index contributed by atoms with van der Waals surface area (Å²) in [6, 6.07) is 2.63. The molecule has 1 aromatic rings. The molecular weight excluding hydrogens is 210 g/mol. The van der Waals surface area contributed by atoms with Crippen LogP contribution in [-0.2, 0) is 0 Å². The van der Waals surface area contributed by atoms with E-state index in [0.29, 0.717) is 5.92 Å². The van der Waals surface area contributed by atoms with Crippen molar-refractivity contribution in [3.05, 3.63) is 23.8 Å². The molecule has 1 aliphatic carbocycles. The molecule has 2 nitrogen and oxygen atoms in total. The predicted molar refractivity (Wildman–Crippen MR) is 61.2 cm³/mol. The van der Waals surface area contributed by atoms with Crippen molar-refractivity contribution in [1.82, 2.24) is 0 Å². The van der Waals surface area contributed by atoms with Gasteiger partial charge in [0.2, 0.25) is 0 Å². The zero-order chi connectivity index (χ0) is 11.7. The molecule has 0 aromatic heterocycles. The van der Waals surface area contributed by atoms with Crippen LogP contribution in [0.2, 0.25) is 0 Å². The summed E-state index contributed by atoms with van der Waals surface area (Å²) in [7, 11) is 0.